The van der Waals surface area contributed by atoms with Gasteiger partial charge in [-0.25, -0.2) is 0 Å². The first-order chi connectivity index (χ1) is 12.2. The molecule has 1 heteroatoms. The van der Waals surface area contributed by atoms with E-state index in [1.165, 1.54) is 27.8 Å². The Hall–Kier alpha value is -3.06. The number of para-hydroxylation sites is 1. The Kier molecular flexibility index (Phi) is 3.99. The van der Waals surface area contributed by atoms with Crippen LogP contribution in [0.5, 0.6) is 5.75 Å². The van der Waals surface area contributed by atoms with Gasteiger partial charge in [0.05, 0.1) is 0 Å². The fourth-order valence-corrected chi connectivity index (χ4v) is 3.46. The van der Waals surface area contributed by atoms with Crippen LogP contribution in [-0.4, -0.2) is 5.11 Å². The van der Waals surface area contributed by atoms with Gasteiger partial charge in [-0.3, -0.25) is 0 Å². The minimum Gasteiger partial charge on any atom is -0.507 e. The van der Waals surface area contributed by atoms with E-state index in [9.17, 15) is 5.11 Å². The molecule has 0 heterocycles. The van der Waals surface area contributed by atoms with Crippen LogP contribution < -0.4 is 0 Å². The third-order valence-corrected chi connectivity index (χ3v) is 4.80. The molecule has 3 aromatic rings. The second kappa shape index (κ2) is 6.45. The zero-order valence-electron chi connectivity index (χ0n) is 14.2. The molecule has 0 saturated carbocycles. The van der Waals surface area contributed by atoms with Gasteiger partial charge < -0.3 is 5.11 Å². The summed E-state index contributed by atoms with van der Waals surface area (Å²) in [6.07, 6.45) is 3.05. The van der Waals surface area contributed by atoms with Crippen molar-refractivity contribution in [2.24, 2.45) is 0 Å². The van der Waals surface area contributed by atoms with Gasteiger partial charge in [-0.2, -0.15) is 0 Å². The molecule has 0 aliphatic heterocycles. The maximum atomic E-state index is 10.5. The quantitative estimate of drug-likeness (QED) is 0.617. The second-order valence-corrected chi connectivity index (χ2v) is 6.44. The number of hydrogen-bond acceptors (Lipinski definition) is 1. The summed E-state index contributed by atoms with van der Waals surface area (Å²) in [6.45, 7) is 1.94. The lowest BCUT2D eigenvalue weighted by Crippen LogP contribution is -1.88. The average Bonchev–Trinajstić information content (AvgIpc) is 3.10. The number of phenols is 1. The highest BCUT2D eigenvalue weighted by Crippen LogP contribution is 2.44. The molecular weight excluding hydrogens is 304 g/mol. The highest BCUT2D eigenvalue weighted by atomic mass is 16.3. The SMILES string of the molecule is Cc1cccc(C2=CC(c3ccccc3)=C(c3ccccc3)C2)c1O. The molecule has 1 aliphatic rings. The first-order valence-electron chi connectivity index (χ1n) is 8.57. The molecule has 1 N–H and O–H groups in total. The van der Waals surface area contributed by atoms with Crippen LogP contribution in [0.4, 0.5) is 0 Å². The zero-order valence-corrected chi connectivity index (χ0v) is 14.2. The van der Waals surface area contributed by atoms with Crippen molar-refractivity contribution in [3.8, 4) is 5.75 Å². The molecule has 0 fully saturated rings. The van der Waals surface area contributed by atoms with Gasteiger partial charge >= 0.3 is 0 Å². The predicted octanol–water partition coefficient (Wildman–Crippen LogP) is 6.10. The average molecular weight is 324 g/mol. The van der Waals surface area contributed by atoms with E-state index in [0.29, 0.717) is 5.75 Å². The van der Waals surface area contributed by atoms with E-state index >= 15 is 0 Å². The lowest BCUT2D eigenvalue weighted by Gasteiger charge is -2.10. The van der Waals surface area contributed by atoms with Gasteiger partial charge in [-0.15, -0.1) is 0 Å². The van der Waals surface area contributed by atoms with Gasteiger partial charge in [-0.05, 0) is 52.8 Å². The van der Waals surface area contributed by atoms with Crippen molar-refractivity contribution >= 4 is 16.7 Å². The summed E-state index contributed by atoms with van der Waals surface area (Å²) in [5, 5.41) is 10.5. The minimum atomic E-state index is 0.385. The Morgan fingerprint density at radius 1 is 0.720 bits per heavy atom. The van der Waals surface area contributed by atoms with Crippen LogP contribution >= 0.6 is 0 Å². The standard InChI is InChI=1S/C24H20O/c1-17-9-8-14-21(24(17)25)20-15-22(18-10-4-2-5-11-18)23(16-20)19-12-6-3-7-13-19/h2-15,25H,16H2,1H3. The Morgan fingerprint density at radius 2 is 1.36 bits per heavy atom. The van der Waals surface area contributed by atoms with E-state index in [-0.39, 0.29) is 0 Å². The molecule has 0 bridgehead atoms. The summed E-state index contributed by atoms with van der Waals surface area (Å²) in [6, 6.07) is 26.9. The third-order valence-electron chi connectivity index (χ3n) is 4.80. The summed E-state index contributed by atoms with van der Waals surface area (Å²) >= 11 is 0. The first-order valence-corrected chi connectivity index (χ1v) is 8.57. The highest BCUT2D eigenvalue weighted by molar-refractivity contribution is 6.07. The predicted molar refractivity (Wildman–Crippen MR) is 105 cm³/mol. The maximum Gasteiger partial charge on any atom is 0.125 e. The van der Waals surface area contributed by atoms with Crippen molar-refractivity contribution in [2.45, 2.75) is 13.3 Å². The topological polar surface area (TPSA) is 20.2 Å². The number of hydrogen-bond donors (Lipinski definition) is 1. The van der Waals surface area contributed by atoms with Gasteiger partial charge in [0.25, 0.3) is 0 Å². The summed E-state index contributed by atoms with van der Waals surface area (Å²) in [5.41, 5.74) is 8.00. The lowest BCUT2D eigenvalue weighted by atomic mass is 9.95. The normalized spacial score (nSPS) is 13.9. The first kappa shape index (κ1) is 15.5. The van der Waals surface area contributed by atoms with E-state index in [0.717, 1.165) is 17.5 Å². The number of phenolic OH excluding ortho intramolecular Hbond substituents is 1. The van der Waals surface area contributed by atoms with E-state index in [4.69, 9.17) is 0 Å². The molecule has 3 aromatic carbocycles. The largest absolute Gasteiger partial charge is 0.507 e. The van der Waals surface area contributed by atoms with Gasteiger partial charge in [0, 0.05) is 5.56 Å². The Balaban J connectivity index is 1.84. The van der Waals surface area contributed by atoms with Crippen LogP contribution in [0.2, 0.25) is 0 Å². The van der Waals surface area contributed by atoms with E-state index in [1.54, 1.807) is 0 Å². The van der Waals surface area contributed by atoms with Gasteiger partial charge in [-0.1, -0.05) is 78.9 Å². The number of aromatic hydroxyl groups is 1. The molecule has 4 rings (SSSR count). The zero-order chi connectivity index (χ0) is 17.2. The van der Waals surface area contributed by atoms with E-state index in [2.05, 4.69) is 54.6 Å². The van der Waals surface area contributed by atoms with Crippen molar-refractivity contribution in [1.29, 1.82) is 0 Å². The van der Waals surface area contributed by atoms with Crippen molar-refractivity contribution in [3.05, 3.63) is 107 Å². The molecule has 1 nitrogen and oxygen atoms in total. The molecule has 0 aromatic heterocycles. The van der Waals surface area contributed by atoms with Gasteiger partial charge in [0.15, 0.2) is 0 Å². The molecule has 0 radical (unpaired) electrons. The van der Waals surface area contributed by atoms with Crippen LogP contribution in [0.3, 0.4) is 0 Å². The molecule has 0 saturated heterocycles. The van der Waals surface area contributed by atoms with Crippen LogP contribution in [0, 0.1) is 6.92 Å². The minimum absolute atomic E-state index is 0.385. The highest BCUT2D eigenvalue weighted by Gasteiger charge is 2.21. The summed E-state index contributed by atoms with van der Waals surface area (Å²) < 4.78 is 0. The number of aryl methyl sites for hydroxylation is 1. The van der Waals surface area contributed by atoms with Crippen LogP contribution in [0.25, 0.3) is 16.7 Å². The van der Waals surface area contributed by atoms with Crippen molar-refractivity contribution in [2.75, 3.05) is 0 Å². The van der Waals surface area contributed by atoms with Crippen LogP contribution in [0.15, 0.2) is 84.9 Å². The molecule has 0 unspecified atom stereocenters. The van der Waals surface area contributed by atoms with Crippen molar-refractivity contribution in [3.63, 3.8) is 0 Å². The van der Waals surface area contributed by atoms with Crippen molar-refractivity contribution < 1.29 is 5.11 Å². The molecule has 0 amide bonds. The second-order valence-electron chi connectivity index (χ2n) is 6.44. The van der Waals surface area contributed by atoms with Gasteiger partial charge in [0.2, 0.25) is 0 Å². The summed E-state index contributed by atoms with van der Waals surface area (Å²) in [5.74, 6) is 0.385. The fraction of sp³-hybridized carbons (Fsp3) is 0.0833. The van der Waals surface area contributed by atoms with Gasteiger partial charge in [0.1, 0.15) is 5.75 Å². The summed E-state index contributed by atoms with van der Waals surface area (Å²) in [4.78, 5) is 0. The molecule has 122 valence electrons. The summed E-state index contributed by atoms with van der Waals surface area (Å²) in [7, 11) is 0. The molecule has 25 heavy (non-hydrogen) atoms. The smallest absolute Gasteiger partial charge is 0.125 e. The van der Waals surface area contributed by atoms with Crippen LogP contribution in [-0.2, 0) is 0 Å². The molecule has 0 spiro atoms. The number of benzene rings is 3. The van der Waals surface area contributed by atoms with Crippen molar-refractivity contribution in [1.82, 2.24) is 0 Å². The third kappa shape index (κ3) is 2.89. The Labute approximate surface area is 148 Å². The van der Waals surface area contributed by atoms with E-state index < -0.39 is 0 Å². The Bertz CT molecular complexity index is 963. The molecule has 1 aliphatic carbocycles. The van der Waals surface area contributed by atoms with Crippen LogP contribution in [0.1, 0.15) is 28.7 Å². The monoisotopic (exact) mass is 324 g/mol. The molecule has 0 atom stereocenters. The maximum absolute atomic E-state index is 10.5. The van der Waals surface area contributed by atoms with E-state index in [1.807, 2.05) is 37.3 Å². The fourth-order valence-electron chi connectivity index (χ4n) is 3.46. The molecular formula is C24H20O. The lowest BCUT2D eigenvalue weighted by molar-refractivity contribution is 0.469. The Morgan fingerprint density at radius 3 is 2.04 bits per heavy atom. The number of rotatable bonds is 3. The number of allylic oxidation sites excluding steroid dienone is 4.